The van der Waals surface area contributed by atoms with Gasteiger partial charge >= 0.3 is 0 Å². The molecule has 2 aromatic rings. The topological polar surface area (TPSA) is 71.9 Å². The van der Waals surface area contributed by atoms with Crippen molar-refractivity contribution in [1.29, 1.82) is 0 Å². The van der Waals surface area contributed by atoms with Gasteiger partial charge in [-0.25, -0.2) is 8.78 Å². The Balaban J connectivity index is 1.85. The van der Waals surface area contributed by atoms with E-state index in [4.69, 9.17) is 4.74 Å². The van der Waals surface area contributed by atoms with Crippen LogP contribution < -0.4 is 20.3 Å². The zero-order valence-corrected chi connectivity index (χ0v) is 14.4. The Hall–Kier alpha value is -3.00. The van der Waals surface area contributed by atoms with Crippen LogP contribution in [0.1, 0.15) is 0 Å². The third-order valence-corrected chi connectivity index (χ3v) is 3.48. The monoisotopic (exact) mass is 364 g/mol. The van der Waals surface area contributed by atoms with Crippen LogP contribution in [-0.4, -0.2) is 39.1 Å². The number of anilines is 2. The van der Waals surface area contributed by atoms with E-state index in [9.17, 15) is 18.4 Å². The molecule has 0 radical (unpaired) electrons. The second-order valence-corrected chi connectivity index (χ2v) is 5.76. The number of ether oxygens (including phenoxy) is 1. The zero-order valence-electron chi connectivity index (χ0n) is 14.4. The predicted octanol–water partition coefficient (Wildman–Crippen LogP) is 1.07. The van der Waals surface area contributed by atoms with Crippen molar-refractivity contribution in [2.45, 2.75) is 0 Å². The van der Waals surface area contributed by atoms with Gasteiger partial charge in [0.2, 0.25) is 0 Å². The van der Waals surface area contributed by atoms with Gasteiger partial charge in [0.05, 0.1) is 19.8 Å². The summed E-state index contributed by atoms with van der Waals surface area (Å²) in [5.41, 5.74) is 0.345. The molecule has 2 amide bonds. The maximum absolute atomic E-state index is 13.5. The van der Waals surface area contributed by atoms with Crippen LogP contribution in [0.25, 0.3) is 0 Å². The number of amides is 2. The van der Waals surface area contributed by atoms with Crippen LogP contribution >= 0.6 is 0 Å². The van der Waals surface area contributed by atoms with Crippen molar-refractivity contribution in [2.75, 3.05) is 37.9 Å². The van der Waals surface area contributed by atoms with E-state index in [-0.39, 0.29) is 24.7 Å². The van der Waals surface area contributed by atoms with Gasteiger partial charge in [-0.05, 0) is 24.3 Å². The summed E-state index contributed by atoms with van der Waals surface area (Å²) >= 11 is 0. The van der Waals surface area contributed by atoms with Crippen molar-refractivity contribution in [2.24, 2.45) is 0 Å². The summed E-state index contributed by atoms with van der Waals surface area (Å²) < 4.78 is 31.7. The molecule has 0 saturated heterocycles. The summed E-state index contributed by atoms with van der Waals surface area (Å²) in [6, 6.07) is 9.68. The Morgan fingerprint density at radius 1 is 1.04 bits per heavy atom. The van der Waals surface area contributed by atoms with Crippen molar-refractivity contribution in [1.82, 2.24) is 0 Å². The summed E-state index contributed by atoms with van der Waals surface area (Å²) in [6.45, 7) is -0.0578. The summed E-state index contributed by atoms with van der Waals surface area (Å²) in [7, 11) is 3.17. The Kier molecular flexibility index (Phi) is 6.62. The van der Waals surface area contributed by atoms with E-state index < -0.39 is 17.5 Å². The van der Waals surface area contributed by atoms with Gasteiger partial charge in [0.1, 0.15) is 17.4 Å². The molecule has 3 N–H and O–H groups in total. The summed E-state index contributed by atoms with van der Waals surface area (Å²) in [4.78, 5) is 24.6. The Morgan fingerprint density at radius 3 is 2.42 bits per heavy atom. The summed E-state index contributed by atoms with van der Waals surface area (Å²) in [5, 5.41) is 5.00. The van der Waals surface area contributed by atoms with Crippen LogP contribution in [0.15, 0.2) is 42.5 Å². The minimum Gasteiger partial charge on any atom is -0.497 e. The zero-order chi connectivity index (χ0) is 19.1. The van der Waals surface area contributed by atoms with E-state index in [2.05, 4.69) is 10.6 Å². The molecule has 0 bridgehead atoms. The molecule has 0 aliphatic rings. The van der Waals surface area contributed by atoms with Crippen LogP contribution in [0.5, 0.6) is 5.75 Å². The number of halogens is 2. The first-order chi connectivity index (χ1) is 12.4. The lowest BCUT2D eigenvalue weighted by Crippen LogP contribution is -3.11. The van der Waals surface area contributed by atoms with E-state index in [0.717, 1.165) is 18.2 Å². The molecule has 8 heteroatoms. The molecule has 1 atom stereocenters. The Bertz CT molecular complexity index is 799. The SMILES string of the molecule is COc1cccc(NC(=O)C[NH+](C)CC(=O)Nc2cc(F)ccc2F)c1. The van der Waals surface area contributed by atoms with Gasteiger partial charge in [-0.1, -0.05) is 6.07 Å². The number of nitrogens with one attached hydrogen (secondary N) is 3. The van der Waals surface area contributed by atoms with Crippen LogP contribution in [0.4, 0.5) is 20.2 Å². The molecule has 0 aliphatic carbocycles. The molecule has 0 spiro atoms. The van der Waals surface area contributed by atoms with Gasteiger partial charge in [-0.15, -0.1) is 0 Å². The van der Waals surface area contributed by atoms with Crippen molar-refractivity contribution < 1.29 is 28.0 Å². The lowest BCUT2D eigenvalue weighted by Gasteiger charge is -2.14. The van der Waals surface area contributed by atoms with Crippen LogP contribution in [0, 0.1) is 11.6 Å². The number of rotatable bonds is 7. The fourth-order valence-corrected chi connectivity index (χ4v) is 2.30. The average Bonchev–Trinajstić information content (AvgIpc) is 2.57. The fourth-order valence-electron chi connectivity index (χ4n) is 2.30. The molecule has 0 aromatic heterocycles. The molecule has 2 aromatic carbocycles. The van der Waals surface area contributed by atoms with Crippen molar-refractivity contribution in [3.8, 4) is 5.75 Å². The average molecular weight is 364 g/mol. The van der Waals surface area contributed by atoms with Gasteiger partial charge in [-0.3, -0.25) is 9.59 Å². The van der Waals surface area contributed by atoms with Gasteiger partial charge in [-0.2, -0.15) is 0 Å². The molecule has 26 heavy (non-hydrogen) atoms. The number of benzene rings is 2. The first-order valence-corrected chi connectivity index (χ1v) is 7.87. The van der Waals surface area contributed by atoms with Gasteiger partial charge in [0.15, 0.2) is 13.1 Å². The third kappa shape index (κ3) is 5.82. The largest absolute Gasteiger partial charge is 0.497 e. The molecular weight excluding hydrogens is 344 g/mol. The van der Waals surface area contributed by atoms with E-state index in [1.807, 2.05) is 0 Å². The van der Waals surface area contributed by atoms with E-state index in [1.54, 1.807) is 31.3 Å². The van der Waals surface area contributed by atoms with Gasteiger partial charge in [0, 0.05) is 17.8 Å². The van der Waals surface area contributed by atoms with Crippen molar-refractivity contribution in [3.63, 3.8) is 0 Å². The normalized spacial score (nSPS) is 11.5. The van der Waals surface area contributed by atoms with E-state index >= 15 is 0 Å². The number of quaternary nitrogens is 1. The Morgan fingerprint density at radius 2 is 1.73 bits per heavy atom. The maximum Gasteiger partial charge on any atom is 0.279 e. The van der Waals surface area contributed by atoms with E-state index in [1.165, 1.54) is 7.11 Å². The molecule has 0 aliphatic heterocycles. The highest BCUT2D eigenvalue weighted by atomic mass is 19.1. The van der Waals surface area contributed by atoms with E-state index in [0.29, 0.717) is 16.3 Å². The van der Waals surface area contributed by atoms with Crippen molar-refractivity contribution >= 4 is 23.2 Å². The van der Waals surface area contributed by atoms with Crippen LogP contribution in [-0.2, 0) is 9.59 Å². The molecule has 1 unspecified atom stereocenters. The number of carbonyl (C=O) groups is 2. The second-order valence-electron chi connectivity index (χ2n) is 5.76. The fraction of sp³-hybridized carbons (Fsp3) is 0.222. The molecule has 0 heterocycles. The highest BCUT2D eigenvalue weighted by Gasteiger charge is 2.16. The molecule has 2 rings (SSSR count). The van der Waals surface area contributed by atoms with Gasteiger partial charge < -0.3 is 20.3 Å². The molecule has 0 saturated carbocycles. The second kappa shape index (κ2) is 8.91. The highest BCUT2D eigenvalue weighted by Crippen LogP contribution is 2.16. The molecule has 138 valence electrons. The molecule has 0 fully saturated rings. The highest BCUT2D eigenvalue weighted by molar-refractivity contribution is 5.93. The smallest absolute Gasteiger partial charge is 0.279 e. The summed E-state index contributed by atoms with van der Waals surface area (Å²) in [5.74, 6) is -1.59. The van der Waals surface area contributed by atoms with Gasteiger partial charge in [0.25, 0.3) is 11.8 Å². The lowest BCUT2D eigenvalue weighted by molar-refractivity contribution is -0.862. The Labute approximate surface area is 149 Å². The van der Waals surface area contributed by atoms with Crippen LogP contribution in [0.3, 0.4) is 0 Å². The minimum absolute atomic E-state index is 0.0241. The van der Waals surface area contributed by atoms with Crippen LogP contribution in [0.2, 0.25) is 0 Å². The first-order valence-electron chi connectivity index (χ1n) is 7.87. The number of carbonyl (C=O) groups excluding carboxylic acids is 2. The standard InChI is InChI=1S/C18H19F2N3O3/c1-23(10-17(24)21-13-4-3-5-14(9-13)26-2)11-18(25)22-16-8-12(19)6-7-15(16)20/h3-9H,10-11H2,1-2H3,(H,21,24)(H,22,25)/p+1. The number of likely N-dealkylation sites (N-methyl/N-ethyl adjacent to an activating group) is 1. The summed E-state index contributed by atoms with van der Waals surface area (Å²) in [6.07, 6.45) is 0. The quantitative estimate of drug-likeness (QED) is 0.688. The number of hydrogen-bond donors (Lipinski definition) is 3. The minimum atomic E-state index is -0.729. The maximum atomic E-state index is 13.5. The number of methoxy groups -OCH3 is 1. The van der Waals surface area contributed by atoms with Crippen molar-refractivity contribution in [3.05, 3.63) is 54.1 Å². The lowest BCUT2D eigenvalue weighted by atomic mass is 10.3. The molecule has 6 nitrogen and oxygen atoms in total. The first kappa shape index (κ1) is 19.3. The molecular formula is C18H20F2N3O3+. The number of hydrogen-bond acceptors (Lipinski definition) is 3. The predicted molar refractivity (Wildman–Crippen MR) is 93.2 cm³/mol. The third-order valence-electron chi connectivity index (χ3n) is 3.48.